The number of aromatic carboxylic acids is 1. The van der Waals surface area contributed by atoms with Gasteiger partial charge in [-0.3, -0.25) is 0 Å². The van der Waals surface area contributed by atoms with E-state index in [1.165, 1.54) is 17.4 Å². The predicted octanol–water partition coefficient (Wildman–Crippen LogP) is 2.76. The van der Waals surface area contributed by atoms with Crippen LogP contribution in [0.25, 0.3) is 11.1 Å². The second-order valence-corrected chi connectivity index (χ2v) is 4.96. The number of rotatable bonds is 2. The first-order valence-corrected chi connectivity index (χ1v) is 6.41. The summed E-state index contributed by atoms with van der Waals surface area (Å²) in [6.07, 6.45) is 5.48. The van der Waals surface area contributed by atoms with Gasteiger partial charge in [-0.2, -0.15) is 0 Å². The molecule has 3 rings (SSSR count). The first-order chi connectivity index (χ1) is 9.16. The molecular weight excluding hydrogens is 240 g/mol. The molecule has 1 aromatic carbocycles. The topological polar surface area (TPSA) is 56.3 Å². The van der Waals surface area contributed by atoms with Crippen LogP contribution in [0.2, 0.25) is 0 Å². The lowest BCUT2D eigenvalue weighted by molar-refractivity contribution is 0.0698. The van der Waals surface area contributed by atoms with Crippen LogP contribution in [-0.2, 0) is 6.42 Å². The highest BCUT2D eigenvalue weighted by molar-refractivity contribution is 5.96. The molecule has 2 N–H and O–H groups in total. The van der Waals surface area contributed by atoms with E-state index in [9.17, 15) is 4.79 Å². The zero-order chi connectivity index (χ0) is 13.4. The number of carboxylic acids is 1. The average Bonchev–Trinajstić information content (AvgIpc) is 2.88. The van der Waals surface area contributed by atoms with E-state index in [-0.39, 0.29) is 0 Å². The highest BCUT2D eigenvalue weighted by Crippen LogP contribution is 2.32. The number of nitrogens with zero attached hydrogens (tertiary/aromatic N) is 1. The van der Waals surface area contributed by atoms with Gasteiger partial charge in [0.1, 0.15) is 0 Å². The standard InChI is InChI=1S/C15H16N2O2/c1-17-6-2-3-11-7-10(4-5-14(11)17)12-8-16-9-13(12)15(18)19/h4-5,7-9,16H,2-3,6H2,1H3,(H,18,19). The van der Waals surface area contributed by atoms with E-state index in [1.54, 1.807) is 6.20 Å². The molecule has 1 aliphatic rings. The van der Waals surface area contributed by atoms with E-state index >= 15 is 0 Å². The molecule has 0 aliphatic carbocycles. The third-order valence-corrected chi connectivity index (χ3v) is 3.72. The van der Waals surface area contributed by atoms with Gasteiger partial charge in [-0.1, -0.05) is 6.07 Å². The quantitative estimate of drug-likeness (QED) is 0.868. The van der Waals surface area contributed by atoms with E-state index < -0.39 is 5.97 Å². The van der Waals surface area contributed by atoms with Crippen LogP contribution >= 0.6 is 0 Å². The van der Waals surface area contributed by atoms with Gasteiger partial charge in [0.25, 0.3) is 0 Å². The van der Waals surface area contributed by atoms with Crippen molar-refractivity contribution < 1.29 is 9.90 Å². The van der Waals surface area contributed by atoms with E-state index in [1.807, 2.05) is 6.07 Å². The van der Waals surface area contributed by atoms with Gasteiger partial charge in [0.05, 0.1) is 5.56 Å². The summed E-state index contributed by atoms with van der Waals surface area (Å²) in [5.74, 6) is -0.897. The number of anilines is 1. The number of carboxylic acid groups (broad SMARTS) is 1. The number of hydrogen-bond donors (Lipinski definition) is 2. The smallest absolute Gasteiger partial charge is 0.337 e. The Morgan fingerprint density at radius 3 is 3.00 bits per heavy atom. The Kier molecular flexibility index (Phi) is 2.78. The summed E-state index contributed by atoms with van der Waals surface area (Å²) >= 11 is 0. The van der Waals surface area contributed by atoms with Gasteiger partial charge in [-0.05, 0) is 36.1 Å². The van der Waals surface area contributed by atoms with Gasteiger partial charge in [0.15, 0.2) is 0 Å². The second kappa shape index (κ2) is 4.46. The third-order valence-electron chi connectivity index (χ3n) is 3.72. The predicted molar refractivity (Wildman–Crippen MR) is 74.8 cm³/mol. The molecule has 0 saturated heterocycles. The van der Waals surface area contributed by atoms with Crippen molar-refractivity contribution in [2.24, 2.45) is 0 Å². The summed E-state index contributed by atoms with van der Waals surface area (Å²) in [7, 11) is 2.09. The Labute approximate surface area is 111 Å². The molecule has 0 spiro atoms. The summed E-state index contributed by atoms with van der Waals surface area (Å²) in [5, 5.41) is 9.17. The molecule has 0 atom stereocenters. The highest BCUT2D eigenvalue weighted by atomic mass is 16.4. The van der Waals surface area contributed by atoms with Gasteiger partial charge in [0.2, 0.25) is 0 Å². The van der Waals surface area contributed by atoms with Crippen LogP contribution in [-0.4, -0.2) is 29.7 Å². The number of aromatic amines is 1. The van der Waals surface area contributed by atoms with Crippen molar-refractivity contribution >= 4 is 11.7 Å². The van der Waals surface area contributed by atoms with Gasteiger partial charge in [-0.15, -0.1) is 0 Å². The summed E-state index contributed by atoms with van der Waals surface area (Å²) < 4.78 is 0. The van der Waals surface area contributed by atoms with Crippen LogP contribution in [0.1, 0.15) is 22.3 Å². The number of aryl methyl sites for hydroxylation is 1. The Bertz CT molecular complexity index is 631. The number of fused-ring (bicyclic) bond motifs is 1. The van der Waals surface area contributed by atoms with Crippen molar-refractivity contribution in [2.45, 2.75) is 12.8 Å². The normalized spacial score (nSPS) is 14.3. The summed E-state index contributed by atoms with van der Waals surface area (Å²) in [5.41, 5.74) is 4.59. The van der Waals surface area contributed by atoms with Crippen LogP contribution in [0, 0.1) is 0 Å². The molecule has 2 aromatic rings. The molecule has 1 aliphatic heterocycles. The monoisotopic (exact) mass is 256 g/mol. The van der Waals surface area contributed by atoms with Crippen molar-refractivity contribution in [3.05, 3.63) is 41.7 Å². The maximum absolute atomic E-state index is 11.2. The first kappa shape index (κ1) is 11.8. The fourth-order valence-corrected chi connectivity index (χ4v) is 2.73. The molecule has 0 unspecified atom stereocenters. The Morgan fingerprint density at radius 1 is 1.37 bits per heavy atom. The summed E-state index contributed by atoms with van der Waals surface area (Å²) in [6.45, 7) is 1.08. The zero-order valence-corrected chi connectivity index (χ0v) is 10.8. The van der Waals surface area contributed by atoms with Gasteiger partial charge >= 0.3 is 5.97 Å². The molecule has 4 heteroatoms. The highest BCUT2D eigenvalue weighted by Gasteiger charge is 2.17. The molecule has 0 fully saturated rings. The number of H-pyrrole nitrogens is 1. The minimum Gasteiger partial charge on any atom is -0.478 e. The summed E-state index contributed by atoms with van der Waals surface area (Å²) in [4.78, 5) is 16.3. The Hall–Kier alpha value is -2.23. The Morgan fingerprint density at radius 2 is 2.21 bits per heavy atom. The van der Waals surface area contributed by atoms with E-state index in [2.05, 4.69) is 29.1 Å². The molecule has 1 aromatic heterocycles. The molecule has 0 radical (unpaired) electrons. The maximum Gasteiger partial charge on any atom is 0.337 e. The van der Waals surface area contributed by atoms with Crippen molar-refractivity contribution in [3.8, 4) is 11.1 Å². The minimum absolute atomic E-state index is 0.323. The Balaban J connectivity index is 2.07. The second-order valence-electron chi connectivity index (χ2n) is 4.96. The van der Waals surface area contributed by atoms with Gasteiger partial charge in [0, 0.05) is 37.2 Å². The van der Waals surface area contributed by atoms with Crippen LogP contribution < -0.4 is 4.90 Å². The third kappa shape index (κ3) is 1.99. The molecule has 4 nitrogen and oxygen atoms in total. The fourth-order valence-electron chi connectivity index (χ4n) is 2.73. The number of benzene rings is 1. The molecule has 19 heavy (non-hydrogen) atoms. The SMILES string of the molecule is CN1CCCc2cc(-c3c[nH]cc3C(=O)O)ccc21. The van der Waals surface area contributed by atoms with E-state index in [0.29, 0.717) is 5.56 Å². The van der Waals surface area contributed by atoms with Gasteiger partial charge in [-0.25, -0.2) is 4.79 Å². The number of hydrogen-bond acceptors (Lipinski definition) is 2. The molecule has 0 saturated carbocycles. The zero-order valence-electron chi connectivity index (χ0n) is 10.8. The van der Waals surface area contributed by atoms with Crippen molar-refractivity contribution in [1.29, 1.82) is 0 Å². The van der Waals surface area contributed by atoms with Crippen LogP contribution in [0.3, 0.4) is 0 Å². The van der Waals surface area contributed by atoms with E-state index in [0.717, 1.165) is 30.5 Å². The largest absolute Gasteiger partial charge is 0.478 e. The lowest BCUT2D eigenvalue weighted by Crippen LogP contribution is -2.24. The minimum atomic E-state index is -0.897. The fraction of sp³-hybridized carbons (Fsp3) is 0.267. The lowest BCUT2D eigenvalue weighted by Gasteiger charge is -2.27. The number of nitrogens with one attached hydrogen (secondary N) is 1. The first-order valence-electron chi connectivity index (χ1n) is 6.41. The molecule has 98 valence electrons. The van der Waals surface area contributed by atoms with Crippen LogP contribution in [0.5, 0.6) is 0 Å². The van der Waals surface area contributed by atoms with Crippen molar-refractivity contribution in [3.63, 3.8) is 0 Å². The molecule has 2 heterocycles. The molecule has 0 bridgehead atoms. The molecule has 0 amide bonds. The van der Waals surface area contributed by atoms with Crippen LogP contribution in [0.15, 0.2) is 30.6 Å². The summed E-state index contributed by atoms with van der Waals surface area (Å²) in [6, 6.07) is 6.19. The van der Waals surface area contributed by atoms with Crippen molar-refractivity contribution in [2.75, 3.05) is 18.5 Å². The van der Waals surface area contributed by atoms with Crippen molar-refractivity contribution in [1.82, 2.24) is 4.98 Å². The lowest BCUT2D eigenvalue weighted by atomic mass is 9.96. The average molecular weight is 256 g/mol. The van der Waals surface area contributed by atoms with Crippen LogP contribution in [0.4, 0.5) is 5.69 Å². The van der Waals surface area contributed by atoms with Gasteiger partial charge < -0.3 is 15.0 Å². The molecular formula is C15H16N2O2. The van der Waals surface area contributed by atoms with E-state index in [4.69, 9.17) is 5.11 Å². The number of carbonyl (C=O) groups is 1. The maximum atomic E-state index is 11.2. The number of aromatic nitrogens is 1.